The Labute approximate surface area is 184 Å². The lowest BCUT2D eigenvalue weighted by atomic mass is 9.75. The summed E-state index contributed by atoms with van der Waals surface area (Å²) in [5.41, 5.74) is 1.94. The fourth-order valence-corrected chi connectivity index (χ4v) is 6.83. The number of hydrogen-bond acceptors (Lipinski definition) is 5. The first-order chi connectivity index (χ1) is 14.3. The Balaban J connectivity index is 1.72. The Hall–Kier alpha value is -2.25. The molecule has 0 unspecified atom stereocenters. The molecule has 1 aliphatic carbocycles. The second-order valence-electron chi connectivity index (χ2n) is 8.24. The molecule has 1 fully saturated rings. The molecule has 2 aromatic rings. The maximum absolute atomic E-state index is 11.8. The fourth-order valence-electron chi connectivity index (χ4n) is 4.89. The Morgan fingerprint density at radius 3 is 2.67 bits per heavy atom. The number of fused-ring (bicyclic) bond motifs is 3. The normalized spacial score (nSPS) is 27.3. The van der Waals surface area contributed by atoms with E-state index in [-0.39, 0.29) is 50.6 Å². The number of thioether (sulfide) groups is 1. The maximum atomic E-state index is 11.8. The number of benzene rings is 2. The minimum absolute atomic E-state index is 0.00474. The molecular weight excluding hydrogens is 424 g/mol. The molecule has 0 amide bonds. The molecule has 1 heterocycles. The van der Waals surface area contributed by atoms with Crippen LogP contribution in [-0.2, 0) is 0 Å². The molecule has 158 valence electrons. The minimum Gasteiger partial charge on any atom is -0.478 e. The van der Waals surface area contributed by atoms with Gasteiger partial charge in [-0.15, -0.1) is 23.4 Å². The van der Waals surface area contributed by atoms with Crippen LogP contribution in [-0.4, -0.2) is 32.7 Å². The van der Waals surface area contributed by atoms with Gasteiger partial charge in [-0.3, -0.25) is 10.1 Å². The van der Waals surface area contributed by atoms with Gasteiger partial charge in [0.2, 0.25) is 0 Å². The molecule has 0 saturated heterocycles. The van der Waals surface area contributed by atoms with Gasteiger partial charge >= 0.3 is 5.97 Å². The number of rotatable bonds is 5. The first kappa shape index (κ1) is 21.0. The fraction of sp³-hybridized carbons (Fsp3) is 0.409. The highest BCUT2D eigenvalue weighted by Crippen LogP contribution is 2.56. The summed E-state index contributed by atoms with van der Waals surface area (Å²) in [4.78, 5) is 23.5. The second kappa shape index (κ2) is 8.12. The molecule has 2 aliphatic rings. The molecule has 8 heteroatoms. The van der Waals surface area contributed by atoms with Crippen LogP contribution in [0.15, 0.2) is 47.4 Å². The Morgan fingerprint density at radius 2 is 2.00 bits per heavy atom. The van der Waals surface area contributed by atoms with Gasteiger partial charge in [0.05, 0.1) is 26.4 Å². The van der Waals surface area contributed by atoms with E-state index in [4.69, 9.17) is 11.6 Å². The number of alkyl halides is 1. The van der Waals surface area contributed by atoms with Crippen LogP contribution in [0.1, 0.15) is 42.1 Å². The van der Waals surface area contributed by atoms with E-state index in [1.807, 2.05) is 6.07 Å². The average molecular weight is 447 g/mol. The SMILES string of the molecule is CC(C)[C@@H]1Nc2c(C(=O)O)cccc2[C@H]2[C@@H](Cl)[C@@H](Sc3ccccc3[N+](=O)[O-])C[C@H]21. The van der Waals surface area contributed by atoms with Crippen LogP contribution in [0.5, 0.6) is 0 Å². The van der Waals surface area contributed by atoms with Crippen molar-refractivity contribution in [3.63, 3.8) is 0 Å². The molecule has 0 aromatic heterocycles. The van der Waals surface area contributed by atoms with Gasteiger partial charge < -0.3 is 10.4 Å². The highest BCUT2D eigenvalue weighted by molar-refractivity contribution is 8.00. The highest BCUT2D eigenvalue weighted by Gasteiger charge is 2.51. The zero-order chi connectivity index (χ0) is 21.6. The van der Waals surface area contributed by atoms with Crippen LogP contribution >= 0.6 is 23.4 Å². The number of halogens is 1. The van der Waals surface area contributed by atoms with Crippen LogP contribution in [0.2, 0.25) is 0 Å². The van der Waals surface area contributed by atoms with Crippen molar-refractivity contribution in [2.75, 3.05) is 5.32 Å². The average Bonchev–Trinajstić information content (AvgIpc) is 3.03. The van der Waals surface area contributed by atoms with Crippen molar-refractivity contribution >= 4 is 40.7 Å². The van der Waals surface area contributed by atoms with Crippen molar-refractivity contribution in [1.29, 1.82) is 0 Å². The first-order valence-electron chi connectivity index (χ1n) is 9.96. The van der Waals surface area contributed by atoms with Crippen molar-refractivity contribution in [3.05, 3.63) is 63.7 Å². The molecule has 30 heavy (non-hydrogen) atoms. The Morgan fingerprint density at radius 1 is 1.27 bits per heavy atom. The van der Waals surface area contributed by atoms with E-state index < -0.39 is 5.97 Å². The standard InChI is InChI=1S/C22H23ClN2O4S/c1-11(2)20-14-10-17(30-16-9-4-3-8-15(16)25(28)29)19(23)18(14)12-6-5-7-13(22(26)27)21(12)24-20/h3-9,11,14,17-20,24H,10H2,1-2H3,(H,26,27)/t14-,17+,18-,19+,20+/m1/s1. The number of carbonyl (C=O) groups is 1. The monoisotopic (exact) mass is 446 g/mol. The van der Waals surface area contributed by atoms with Gasteiger partial charge in [-0.05, 0) is 36.0 Å². The summed E-state index contributed by atoms with van der Waals surface area (Å²) in [7, 11) is 0. The number of nitro groups is 1. The van der Waals surface area contributed by atoms with Gasteiger partial charge in [-0.2, -0.15) is 0 Å². The lowest BCUT2D eigenvalue weighted by Gasteiger charge is -2.40. The van der Waals surface area contributed by atoms with Crippen LogP contribution < -0.4 is 5.32 Å². The summed E-state index contributed by atoms with van der Waals surface area (Å²) in [5, 5.41) is 24.3. The number of hydrogen-bond donors (Lipinski definition) is 2. The highest BCUT2D eigenvalue weighted by atomic mass is 35.5. The maximum Gasteiger partial charge on any atom is 0.337 e. The van der Waals surface area contributed by atoms with E-state index in [0.29, 0.717) is 10.6 Å². The summed E-state index contributed by atoms with van der Waals surface area (Å²) in [6.45, 7) is 4.24. The number of carboxylic acid groups (broad SMARTS) is 1. The summed E-state index contributed by atoms with van der Waals surface area (Å²) >= 11 is 8.46. The predicted molar refractivity (Wildman–Crippen MR) is 119 cm³/mol. The van der Waals surface area contributed by atoms with Gasteiger partial charge in [0, 0.05) is 23.3 Å². The summed E-state index contributed by atoms with van der Waals surface area (Å²) in [6.07, 6.45) is 0.808. The number of carboxylic acids is 1. The summed E-state index contributed by atoms with van der Waals surface area (Å²) in [6, 6.07) is 12.2. The lowest BCUT2D eigenvalue weighted by Crippen LogP contribution is -2.41. The number of nitrogens with zero attached hydrogens (tertiary/aromatic N) is 1. The molecule has 6 nitrogen and oxygen atoms in total. The van der Waals surface area contributed by atoms with Crippen molar-refractivity contribution in [1.82, 2.24) is 0 Å². The van der Waals surface area contributed by atoms with Crippen molar-refractivity contribution in [2.24, 2.45) is 11.8 Å². The molecule has 1 aliphatic heterocycles. The van der Waals surface area contributed by atoms with E-state index in [1.54, 1.807) is 30.3 Å². The van der Waals surface area contributed by atoms with Gasteiger partial charge in [0.25, 0.3) is 5.69 Å². The van der Waals surface area contributed by atoms with Crippen molar-refractivity contribution in [2.45, 2.75) is 47.8 Å². The second-order valence-corrected chi connectivity index (χ2v) is 10.0. The van der Waals surface area contributed by atoms with Crippen molar-refractivity contribution < 1.29 is 14.8 Å². The summed E-state index contributed by atoms with van der Waals surface area (Å²) in [5.74, 6) is -0.458. The smallest absolute Gasteiger partial charge is 0.337 e. The van der Waals surface area contributed by atoms with Gasteiger partial charge in [0.1, 0.15) is 0 Å². The van der Waals surface area contributed by atoms with Crippen LogP contribution in [0, 0.1) is 22.0 Å². The third kappa shape index (κ3) is 3.54. The molecule has 4 rings (SSSR count). The largest absolute Gasteiger partial charge is 0.478 e. The molecule has 0 radical (unpaired) electrons. The third-order valence-corrected chi connectivity index (χ3v) is 8.29. The zero-order valence-corrected chi connectivity index (χ0v) is 18.2. The van der Waals surface area contributed by atoms with E-state index in [9.17, 15) is 20.0 Å². The quantitative estimate of drug-likeness (QED) is 0.352. The molecule has 1 saturated carbocycles. The third-order valence-electron chi connectivity index (χ3n) is 6.18. The topological polar surface area (TPSA) is 92.5 Å². The van der Waals surface area contributed by atoms with E-state index in [2.05, 4.69) is 19.2 Å². The number of aromatic carboxylic acids is 1. The number of anilines is 1. The van der Waals surface area contributed by atoms with Gasteiger partial charge in [-0.1, -0.05) is 38.1 Å². The van der Waals surface area contributed by atoms with E-state index in [0.717, 1.165) is 12.0 Å². The predicted octanol–water partition coefficient (Wildman–Crippen LogP) is 5.61. The van der Waals surface area contributed by atoms with Crippen LogP contribution in [0.4, 0.5) is 11.4 Å². The van der Waals surface area contributed by atoms with E-state index in [1.165, 1.54) is 17.8 Å². The summed E-state index contributed by atoms with van der Waals surface area (Å²) < 4.78 is 0. The van der Waals surface area contributed by atoms with Crippen molar-refractivity contribution in [3.8, 4) is 0 Å². The molecule has 0 spiro atoms. The van der Waals surface area contributed by atoms with Gasteiger partial charge in [-0.25, -0.2) is 4.79 Å². The number of nitrogens with one attached hydrogen (secondary N) is 1. The van der Waals surface area contributed by atoms with Gasteiger partial charge in [0.15, 0.2) is 0 Å². The molecule has 5 atom stereocenters. The van der Waals surface area contributed by atoms with E-state index >= 15 is 0 Å². The first-order valence-corrected chi connectivity index (χ1v) is 11.3. The Bertz CT molecular complexity index is 999. The zero-order valence-electron chi connectivity index (χ0n) is 16.6. The molecular formula is C22H23ClN2O4S. The lowest BCUT2D eigenvalue weighted by molar-refractivity contribution is -0.387. The minimum atomic E-state index is -0.963. The molecule has 2 aromatic carbocycles. The molecule has 2 N–H and O–H groups in total. The Kier molecular flexibility index (Phi) is 5.68. The van der Waals surface area contributed by atoms with Crippen LogP contribution in [0.3, 0.4) is 0 Å². The molecule has 0 bridgehead atoms. The van der Waals surface area contributed by atoms with Crippen LogP contribution in [0.25, 0.3) is 0 Å². The number of para-hydroxylation sites is 2. The number of nitro benzene ring substituents is 1.